The van der Waals surface area contributed by atoms with Gasteiger partial charge in [-0.05, 0) is 18.6 Å². The lowest BCUT2D eigenvalue weighted by molar-refractivity contribution is -0.140. The van der Waals surface area contributed by atoms with Crippen molar-refractivity contribution in [3.05, 3.63) is 33.8 Å². The molecule has 0 saturated carbocycles. The van der Waals surface area contributed by atoms with Crippen LogP contribution in [0.25, 0.3) is 0 Å². The van der Waals surface area contributed by atoms with E-state index in [0.29, 0.717) is 5.56 Å². The minimum Gasteiger partial charge on any atom is -0.469 e. The number of carbonyl (C=O) groups is 2. The van der Waals surface area contributed by atoms with E-state index in [2.05, 4.69) is 20.7 Å². The Morgan fingerprint density at radius 3 is 2.56 bits per heavy atom. The van der Waals surface area contributed by atoms with Gasteiger partial charge in [0.05, 0.1) is 13.5 Å². The highest BCUT2D eigenvalue weighted by Gasteiger charge is 2.12. The van der Waals surface area contributed by atoms with Crippen LogP contribution in [0.1, 0.15) is 28.8 Å². The van der Waals surface area contributed by atoms with Crippen LogP contribution in [-0.4, -0.2) is 18.9 Å². The maximum absolute atomic E-state index is 11.8. The Morgan fingerprint density at radius 2 is 2.00 bits per heavy atom. The fourth-order valence-electron chi connectivity index (χ4n) is 1.30. The minimum atomic E-state index is -0.364. The minimum absolute atomic E-state index is 0.0581. The van der Waals surface area contributed by atoms with E-state index in [0.717, 1.165) is 10.0 Å². The monoisotopic (exact) mass is 284 g/mol. The summed E-state index contributed by atoms with van der Waals surface area (Å²) in [5.41, 5.74) is 1.69. The normalized spacial score (nSPS) is 9.94. The number of aryl methyl sites for hydroxylation is 1. The maximum atomic E-state index is 11.8. The number of carbonyl (C=O) groups excluding carboxylic acids is 2. The molecule has 1 rings (SSSR count). The third-order valence-electron chi connectivity index (χ3n) is 2.21. The Hall–Kier alpha value is -1.16. The van der Waals surface area contributed by atoms with Gasteiger partial charge in [-0.15, -0.1) is 0 Å². The van der Waals surface area contributed by atoms with Gasteiger partial charge in [0.2, 0.25) is 0 Å². The average molecular weight is 285 g/mol. The summed E-state index contributed by atoms with van der Waals surface area (Å²) in [6.07, 6.45) is 0.296. The number of ketones is 1. The van der Waals surface area contributed by atoms with Crippen molar-refractivity contribution >= 4 is 27.7 Å². The molecule has 3 nitrogen and oxygen atoms in total. The summed E-state index contributed by atoms with van der Waals surface area (Å²) in [5.74, 6) is -0.422. The second-order valence-electron chi connectivity index (χ2n) is 3.48. The molecule has 0 aliphatic rings. The first-order valence-corrected chi connectivity index (χ1v) is 5.70. The smallest absolute Gasteiger partial charge is 0.305 e. The number of halogens is 1. The molecular weight excluding hydrogens is 272 g/mol. The molecule has 0 amide bonds. The molecule has 0 aliphatic heterocycles. The first-order chi connectivity index (χ1) is 7.54. The summed E-state index contributed by atoms with van der Waals surface area (Å²) < 4.78 is 5.25. The summed E-state index contributed by atoms with van der Waals surface area (Å²) in [4.78, 5) is 22.7. The molecule has 16 heavy (non-hydrogen) atoms. The molecule has 0 fully saturated rings. The zero-order chi connectivity index (χ0) is 12.1. The van der Waals surface area contributed by atoms with Crippen molar-refractivity contribution in [1.29, 1.82) is 0 Å². The lowest BCUT2D eigenvalue weighted by atomic mass is 10.1. The highest BCUT2D eigenvalue weighted by Crippen LogP contribution is 2.20. The number of rotatable bonds is 4. The summed E-state index contributed by atoms with van der Waals surface area (Å²) in [6.45, 7) is 1.95. The van der Waals surface area contributed by atoms with Crippen LogP contribution in [0.4, 0.5) is 0 Å². The van der Waals surface area contributed by atoms with E-state index in [-0.39, 0.29) is 24.6 Å². The highest BCUT2D eigenvalue weighted by molar-refractivity contribution is 9.10. The van der Waals surface area contributed by atoms with Gasteiger partial charge in [-0.3, -0.25) is 9.59 Å². The van der Waals surface area contributed by atoms with E-state index >= 15 is 0 Å². The SMILES string of the molecule is COC(=O)CCC(=O)c1ccc(C)cc1Br. The fraction of sp³-hybridized carbons (Fsp3) is 0.333. The summed E-state index contributed by atoms with van der Waals surface area (Å²) in [7, 11) is 1.31. The molecule has 4 heteroatoms. The van der Waals surface area contributed by atoms with Gasteiger partial charge < -0.3 is 4.74 Å². The Morgan fingerprint density at radius 1 is 1.31 bits per heavy atom. The van der Waals surface area contributed by atoms with Crippen molar-refractivity contribution in [3.63, 3.8) is 0 Å². The molecule has 0 bridgehead atoms. The maximum Gasteiger partial charge on any atom is 0.305 e. The van der Waals surface area contributed by atoms with Crippen molar-refractivity contribution in [2.75, 3.05) is 7.11 Å². The third-order valence-corrected chi connectivity index (χ3v) is 2.86. The van der Waals surface area contributed by atoms with Crippen molar-refractivity contribution in [2.45, 2.75) is 19.8 Å². The lowest BCUT2D eigenvalue weighted by Gasteiger charge is -2.04. The van der Waals surface area contributed by atoms with E-state index in [4.69, 9.17) is 0 Å². The van der Waals surface area contributed by atoms with E-state index < -0.39 is 0 Å². The van der Waals surface area contributed by atoms with Crippen LogP contribution >= 0.6 is 15.9 Å². The standard InChI is InChI=1S/C12H13BrO3/c1-8-3-4-9(10(13)7-8)11(14)5-6-12(15)16-2/h3-4,7H,5-6H2,1-2H3. The lowest BCUT2D eigenvalue weighted by Crippen LogP contribution is -2.06. The zero-order valence-electron chi connectivity index (χ0n) is 9.25. The van der Waals surface area contributed by atoms with Crippen LogP contribution in [0, 0.1) is 6.92 Å². The Labute approximate surface area is 103 Å². The summed E-state index contributed by atoms with van der Waals surface area (Å²) in [5, 5.41) is 0. The number of benzene rings is 1. The van der Waals surface area contributed by atoms with Crippen LogP contribution in [0.5, 0.6) is 0 Å². The fourth-order valence-corrected chi connectivity index (χ4v) is 2.01. The van der Waals surface area contributed by atoms with Crippen LogP contribution in [0.3, 0.4) is 0 Å². The molecule has 0 aliphatic carbocycles. The van der Waals surface area contributed by atoms with Gasteiger partial charge in [0.15, 0.2) is 5.78 Å². The van der Waals surface area contributed by atoms with Crippen molar-refractivity contribution in [2.24, 2.45) is 0 Å². The van der Waals surface area contributed by atoms with Crippen molar-refractivity contribution < 1.29 is 14.3 Å². The summed E-state index contributed by atoms with van der Waals surface area (Å²) in [6, 6.07) is 5.51. The molecule has 0 atom stereocenters. The largest absolute Gasteiger partial charge is 0.469 e. The van der Waals surface area contributed by atoms with Gasteiger partial charge in [0, 0.05) is 16.5 Å². The second kappa shape index (κ2) is 5.80. The molecule has 0 saturated heterocycles. The topological polar surface area (TPSA) is 43.4 Å². The quantitative estimate of drug-likeness (QED) is 0.631. The van der Waals surface area contributed by atoms with Crippen LogP contribution in [0.15, 0.2) is 22.7 Å². The molecule has 0 radical (unpaired) electrons. The average Bonchev–Trinajstić information content (AvgIpc) is 2.25. The van der Waals surface area contributed by atoms with Gasteiger partial charge >= 0.3 is 5.97 Å². The highest BCUT2D eigenvalue weighted by atomic mass is 79.9. The predicted molar refractivity (Wildman–Crippen MR) is 64.5 cm³/mol. The first kappa shape index (κ1) is 12.9. The van der Waals surface area contributed by atoms with Crippen LogP contribution in [0.2, 0.25) is 0 Å². The number of Topliss-reactive ketones (excluding diaryl/α,β-unsaturated/α-hetero) is 1. The number of methoxy groups -OCH3 is 1. The Bertz CT molecular complexity index is 413. The van der Waals surface area contributed by atoms with Gasteiger partial charge in [-0.1, -0.05) is 28.1 Å². The molecule has 0 heterocycles. The molecular formula is C12H13BrO3. The van der Waals surface area contributed by atoms with E-state index in [1.165, 1.54) is 7.11 Å². The van der Waals surface area contributed by atoms with Crippen LogP contribution < -0.4 is 0 Å². The van der Waals surface area contributed by atoms with E-state index in [9.17, 15) is 9.59 Å². The predicted octanol–water partition coefficient (Wildman–Crippen LogP) is 2.89. The zero-order valence-corrected chi connectivity index (χ0v) is 10.8. The first-order valence-electron chi connectivity index (χ1n) is 4.90. The third kappa shape index (κ3) is 3.45. The van der Waals surface area contributed by atoms with Crippen molar-refractivity contribution in [3.8, 4) is 0 Å². The molecule has 0 aromatic heterocycles. The van der Waals surface area contributed by atoms with E-state index in [1.807, 2.05) is 19.1 Å². The number of hydrogen-bond donors (Lipinski definition) is 0. The molecule has 1 aromatic carbocycles. The van der Waals surface area contributed by atoms with Gasteiger partial charge in [0.1, 0.15) is 0 Å². The molecule has 0 spiro atoms. The number of esters is 1. The van der Waals surface area contributed by atoms with E-state index in [1.54, 1.807) is 6.07 Å². The molecule has 0 unspecified atom stereocenters. The van der Waals surface area contributed by atoms with Gasteiger partial charge in [0.25, 0.3) is 0 Å². The Balaban J connectivity index is 2.70. The molecule has 0 N–H and O–H groups in total. The molecule has 1 aromatic rings. The summed E-state index contributed by atoms with van der Waals surface area (Å²) >= 11 is 3.33. The number of ether oxygens (including phenoxy) is 1. The number of hydrogen-bond acceptors (Lipinski definition) is 3. The van der Waals surface area contributed by atoms with Crippen molar-refractivity contribution in [1.82, 2.24) is 0 Å². The Kier molecular flexibility index (Phi) is 4.68. The van der Waals surface area contributed by atoms with Gasteiger partial charge in [-0.25, -0.2) is 0 Å². The van der Waals surface area contributed by atoms with Gasteiger partial charge in [-0.2, -0.15) is 0 Å². The van der Waals surface area contributed by atoms with Crippen LogP contribution in [-0.2, 0) is 9.53 Å². The second-order valence-corrected chi connectivity index (χ2v) is 4.34. The molecule has 86 valence electrons.